The molecule has 7 heteroatoms. The second-order valence-electron chi connectivity index (χ2n) is 21.3. The molecule has 9 aromatic carbocycles. The molecule has 2 aliphatic heterocycles. The quantitative estimate of drug-likeness (QED) is 0.160. The van der Waals surface area contributed by atoms with E-state index >= 15 is 0 Å². The molecule has 0 fully saturated rings. The number of hydrogen-bond donors (Lipinski definition) is 0. The van der Waals surface area contributed by atoms with Gasteiger partial charge in [-0.25, -0.2) is 0 Å². The number of nitrogens with zero attached hydrogens (tertiary/aromatic N) is 3. The van der Waals surface area contributed by atoms with Crippen LogP contribution in [0, 0.1) is 0 Å². The van der Waals surface area contributed by atoms with Crippen molar-refractivity contribution in [2.75, 3.05) is 14.7 Å². The summed E-state index contributed by atoms with van der Waals surface area (Å²) in [5.41, 5.74) is 19.6. The van der Waals surface area contributed by atoms with Gasteiger partial charge in [0.15, 0.2) is 0 Å². The first-order valence-electron chi connectivity index (χ1n) is 24.7. The molecule has 14 rings (SSSR count). The van der Waals surface area contributed by atoms with Crippen molar-refractivity contribution in [3.63, 3.8) is 0 Å². The Balaban J connectivity index is 1.06. The van der Waals surface area contributed by atoms with Crippen LogP contribution < -0.4 is 31.3 Å². The third-order valence-electron chi connectivity index (χ3n) is 15.0. The maximum Gasteiger partial charge on any atom is 0.297 e. The van der Waals surface area contributed by atoms with Gasteiger partial charge in [0.25, 0.3) is 6.71 Å². The molecule has 71 heavy (non-hydrogen) atoms. The van der Waals surface area contributed by atoms with Crippen LogP contribution >= 0.6 is 0 Å². The minimum absolute atomic E-state index is 0.000599. The van der Waals surface area contributed by atoms with Crippen LogP contribution in [0.3, 0.4) is 0 Å². The highest BCUT2D eigenvalue weighted by atomic mass is 16.3. The maximum absolute atomic E-state index is 7.56. The summed E-state index contributed by atoms with van der Waals surface area (Å²) in [5.74, 6) is 0. The Bertz CT molecular complexity index is 4100. The summed E-state index contributed by atoms with van der Waals surface area (Å²) >= 11 is 0. The predicted molar refractivity (Wildman–Crippen MR) is 297 cm³/mol. The average Bonchev–Trinajstić information content (AvgIpc) is 4.08. The molecule has 0 atom stereocenters. The first kappa shape index (κ1) is 41.5. The molecule has 6 nitrogen and oxygen atoms in total. The van der Waals surface area contributed by atoms with Crippen LogP contribution in [-0.4, -0.2) is 6.71 Å². The molecule has 342 valence electrons. The van der Waals surface area contributed by atoms with Crippen LogP contribution in [0.5, 0.6) is 0 Å². The normalized spacial score (nSPS) is 13.4. The summed E-state index contributed by atoms with van der Waals surface area (Å²) < 4.78 is 20.6. The lowest BCUT2D eigenvalue weighted by atomic mass is 9.35. The number of para-hydroxylation sites is 3. The Hall–Kier alpha value is -8.42. The minimum Gasteiger partial charge on any atom is -0.467 e. The van der Waals surface area contributed by atoms with Gasteiger partial charge in [0, 0.05) is 56.0 Å². The molecule has 0 saturated carbocycles. The van der Waals surface area contributed by atoms with Gasteiger partial charge in [0.2, 0.25) is 0 Å². The van der Waals surface area contributed by atoms with E-state index in [4.69, 9.17) is 13.3 Å². The Morgan fingerprint density at radius 3 is 1.65 bits per heavy atom. The van der Waals surface area contributed by atoms with Gasteiger partial charge in [-0.2, -0.15) is 0 Å². The van der Waals surface area contributed by atoms with E-state index in [9.17, 15) is 0 Å². The molecule has 0 saturated heterocycles. The number of anilines is 9. The van der Waals surface area contributed by atoms with E-state index in [0.29, 0.717) is 0 Å². The van der Waals surface area contributed by atoms with Crippen LogP contribution in [0.25, 0.3) is 54.8 Å². The molecule has 12 aromatic rings. The number of benzene rings is 9. The highest BCUT2D eigenvalue weighted by Gasteiger charge is 2.47. The fourth-order valence-corrected chi connectivity index (χ4v) is 11.5. The minimum atomic E-state index is -0.248. The molecular formula is C64H50BN3O3. The Kier molecular flexibility index (Phi) is 8.80. The van der Waals surface area contributed by atoms with Gasteiger partial charge in [-0.15, -0.1) is 0 Å². The molecule has 0 radical (unpaired) electrons. The van der Waals surface area contributed by atoms with E-state index in [-0.39, 0.29) is 17.5 Å². The first-order valence-corrected chi connectivity index (χ1v) is 24.7. The van der Waals surface area contributed by atoms with E-state index in [1.165, 1.54) is 16.6 Å². The SMILES string of the molecule is CC(C)(C)c1ccc(N2c3cc(N(c4ccccc4)c4cccc5oc6ccccc6c45)ccc3B3c4oc5c(ccc6oc7ccccc7c65)c4N(c4ccc(C(C)(C)C)cc4)c4cccc2c43)cc1. The monoisotopic (exact) mass is 919 g/mol. The van der Waals surface area contributed by atoms with E-state index in [1.807, 2.05) is 18.2 Å². The van der Waals surface area contributed by atoms with Crippen LogP contribution in [0.15, 0.2) is 207 Å². The molecule has 0 unspecified atom stereocenters. The predicted octanol–water partition coefficient (Wildman–Crippen LogP) is 16.4. The van der Waals surface area contributed by atoms with Crippen molar-refractivity contribution in [1.29, 1.82) is 0 Å². The largest absolute Gasteiger partial charge is 0.467 e. The van der Waals surface area contributed by atoms with Gasteiger partial charge in [-0.3, -0.25) is 0 Å². The first-order chi connectivity index (χ1) is 34.5. The fourth-order valence-electron chi connectivity index (χ4n) is 11.5. The van der Waals surface area contributed by atoms with E-state index in [2.05, 4.69) is 232 Å². The third kappa shape index (κ3) is 6.21. The summed E-state index contributed by atoms with van der Waals surface area (Å²) in [6, 6.07) is 70.2. The summed E-state index contributed by atoms with van der Waals surface area (Å²) in [6.45, 7) is 13.4. The van der Waals surface area contributed by atoms with Crippen LogP contribution in [0.4, 0.5) is 51.2 Å². The number of rotatable bonds is 5. The van der Waals surface area contributed by atoms with E-state index < -0.39 is 0 Å². The lowest BCUT2D eigenvalue weighted by molar-refractivity contribution is 0.590. The molecule has 0 aliphatic carbocycles. The van der Waals surface area contributed by atoms with E-state index in [1.54, 1.807) is 0 Å². The summed E-state index contributed by atoms with van der Waals surface area (Å²) in [4.78, 5) is 7.31. The van der Waals surface area contributed by atoms with Crippen molar-refractivity contribution >= 4 is 129 Å². The molecular weight excluding hydrogens is 870 g/mol. The zero-order valence-corrected chi connectivity index (χ0v) is 40.6. The third-order valence-corrected chi connectivity index (χ3v) is 15.0. The smallest absolute Gasteiger partial charge is 0.297 e. The zero-order chi connectivity index (χ0) is 47.9. The standard InChI is InChI=1S/C64H50BN3O3/c1-63(2,3)39-26-30-42(31-27-39)67-50-21-14-22-51-59(50)65(48-36-34-44(38-52(48)67)66(41-16-8-7-9-17-41)49-20-15-25-55-57(49)45-18-10-12-23-53(45)69-55)62-60(68(51)43-32-28-40(29-33-43)64(4,5)6)47-35-37-56-58(61(47)71-62)46-19-11-13-24-54(46)70-56/h7-38H,1-6H3. The van der Waals surface area contributed by atoms with Gasteiger partial charge < -0.3 is 28.0 Å². The lowest BCUT2D eigenvalue weighted by Crippen LogP contribution is -2.61. The van der Waals surface area contributed by atoms with Crippen molar-refractivity contribution in [3.05, 3.63) is 205 Å². The Morgan fingerprint density at radius 1 is 0.423 bits per heavy atom. The van der Waals surface area contributed by atoms with Crippen LogP contribution in [0.1, 0.15) is 52.7 Å². The van der Waals surface area contributed by atoms with Gasteiger partial charge in [-0.05, 0) is 130 Å². The second-order valence-corrected chi connectivity index (χ2v) is 21.3. The Morgan fingerprint density at radius 2 is 0.986 bits per heavy atom. The number of furan rings is 3. The molecule has 0 spiro atoms. The van der Waals surface area contributed by atoms with Gasteiger partial charge in [0.05, 0.1) is 27.8 Å². The topological polar surface area (TPSA) is 49.1 Å². The van der Waals surface area contributed by atoms with Crippen molar-refractivity contribution in [3.8, 4) is 0 Å². The zero-order valence-electron chi connectivity index (χ0n) is 40.6. The number of hydrogen-bond acceptors (Lipinski definition) is 6. The lowest BCUT2D eigenvalue weighted by Gasteiger charge is -2.43. The van der Waals surface area contributed by atoms with Crippen LogP contribution in [-0.2, 0) is 10.8 Å². The summed E-state index contributed by atoms with van der Waals surface area (Å²) in [6.07, 6.45) is 0. The molecule has 5 heterocycles. The van der Waals surface area contributed by atoms with Crippen molar-refractivity contribution < 1.29 is 13.3 Å². The average molecular weight is 920 g/mol. The van der Waals surface area contributed by atoms with Crippen molar-refractivity contribution in [1.82, 2.24) is 0 Å². The van der Waals surface area contributed by atoms with Crippen molar-refractivity contribution in [2.24, 2.45) is 0 Å². The van der Waals surface area contributed by atoms with E-state index in [0.717, 1.165) is 117 Å². The fraction of sp³-hybridized carbons (Fsp3) is 0.125. The summed E-state index contributed by atoms with van der Waals surface area (Å²) in [7, 11) is 0. The highest BCUT2D eigenvalue weighted by Crippen LogP contribution is 2.50. The van der Waals surface area contributed by atoms with Gasteiger partial charge in [-0.1, -0.05) is 139 Å². The summed E-state index contributed by atoms with van der Waals surface area (Å²) in [5, 5.41) is 5.23. The molecule has 3 aromatic heterocycles. The Labute approximate surface area is 413 Å². The van der Waals surface area contributed by atoms with Gasteiger partial charge in [0.1, 0.15) is 27.9 Å². The van der Waals surface area contributed by atoms with Crippen molar-refractivity contribution in [2.45, 2.75) is 52.4 Å². The van der Waals surface area contributed by atoms with Crippen LogP contribution in [0.2, 0.25) is 0 Å². The molecule has 0 bridgehead atoms. The highest BCUT2D eigenvalue weighted by molar-refractivity contribution is 7.00. The maximum atomic E-state index is 7.56. The second kappa shape index (κ2) is 15.0. The molecule has 0 N–H and O–H groups in total. The molecule has 2 aliphatic rings. The number of fused-ring (bicyclic) bond motifs is 13. The van der Waals surface area contributed by atoms with Gasteiger partial charge >= 0.3 is 0 Å². The molecule has 0 amide bonds.